The lowest BCUT2D eigenvalue weighted by molar-refractivity contribution is 0.101. The summed E-state index contributed by atoms with van der Waals surface area (Å²) in [4.78, 5) is 23.5. The van der Waals surface area contributed by atoms with Gasteiger partial charge in [-0.2, -0.15) is 0 Å². The minimum atomic E-state index is -0.243. The molecule has 2 aromatic rings. The number of urea groups is 1. The van der Waals surface area contributed by atoms with Gasteiger partial charge in [0.25, 0.3) is 0 Å². The highest BCUT2D eigenvalue weighted by atomic mass is 16.2. The largest absolute Gasteiger partial charge is 0.337 e. The summed E-state index contributed by atoms with van der Waals surface area (Å²) in [6, 6.07) is 17.0. The van der Waals surface area contributed by atoms with E-state index in [2.05, 4.69) is 22.8 Å². The molecule has 1 fully saturated rings. The maximum absolute atomic E-state index is 12.1. The van der Waals surface area contributed by atoms with Crippen LogP contribution in [0.25, 0.3) is 0 Å². The molecule has 4 nitrogen and oxygen atoms in total. The van der Waals surface area contributed by atoms with Gasteiger partial charge in [0.05, 0.1) is 0 Å². The van der Waals surface area contributed by atoms with Crippen LogP contribution in [-0.4, -0.2) is 18.4 Å². The monoisotopic (exact) mass is 308 g/mol. The third kappa shape index (κ3) is 3.59. The van der Waals surface area contributed by atoms with E-state index in [-0.39, 0.29) is 17.2 Å². The van der Waals surface area contributed by atoms with Crippen molar-refractivity contribution in [3.8, 4) is 0 Å². The Kier molecular flexibility index (Phi) is 4.15. The van der Waals surface area contributed by atoms with E-state index in [1.807, 2.05) is 18.2 Å². The van der Waals surface area contributed by atoms with Crippen LogP contribution in [0.3, 0.4) is 0 Å². The van der Waals surface area contributed by atoms with Crippen LogP contribution in [0.15, 0.2) is 54.6 Å². The Hall–Kier alpha value is -2.62. The standard InChI is InChI=1S/C19H20N2O2/c1-14(22)15-6-5-9-17(12-15)21-18(23)20-13-19(10-11-19)16-7-3-2-4-8-16/h2-9,12H,10-11,13H2,1H3,(H2,20,21,23). The molecule has 4 heteroatoms. The molecule has 2 amide bonds. The fraction of sp³-hybridized carbons (Fsp3) is 0.263. The summed E-state index contributed by atoms with van der Waals surface area (Å²) >= 11 is 0. The second-order valence-corrected chi connectivity index (χ2v) is 6.09. The zero-order chi connectivity index (χ0) is 16.3. The maximum Gasteiger partial charge on any atom is 0.319 e. The number of amides is 2. The molecule has 1 aliphatic rings. The number of ketones is 1. The Morgan fingerprint density at radius 2 is 1.78 bits per heavy atom. The van der Waals surface area contributed by atoms with Crippen molar-refractivity contribution in [3.63, 3.8) is 0 Å². The zero-order valence-corrected chi connectivity index (χ0v) is 13.1. The van der Waals surface area contributed by atoms with Crippen molar-refractivity contribution in [2.24, 2.45) is 0 Å². The molecule has 2 aromatic carbocycles. The van der Waals surface area contributed by atoms with Gasteiger partial charge in [0, 0.05) is 23.2 Å². The van der Waals surface area contributed by atoms with E-state index < -0.39 is 0 Å². The van der Waals surface area contributed by atoms with E-state index in [9.17, 15) is 9.59 Å². The SMILES string of the molecule is CC(=O)c1cccc(NC(=O)NCC2(c3ccccc3)CC2)c1. The minimum absolute atomic E-state index is 0.0185. The van der Waals surface area contributed by atoms with Crippen LogP contribution in [0.2, 0.25) is 0 Å². The van der Waals surface area contributed by atoms with Gasteiger partial charge in [0.2, 0.25) is 0 Å². The Morgan fingerprint density at radius 1 is 1.04 bits per heavy atom. The second kappa shape index (κ2) is 6.24. The van der Waals surface area contributed by atoms with Crippen LogP contribution in [0.5, 0.6) is 0 Å². The number of rotatable bonds is 5. The quantitative estimate of drug-likeness (QED) is 0.827. The number of carbonyl (C=O) groups is 2. The molecule has 0 unspecified atom stereocenters. The summed E-state index contributed by atoms with van der Waals surface area (Å²) < 4.78 is 0. The Labute approximate surface area is 135 Å². The van der Waals surface area contributed by atoms with Crippen LogP contribution in [0.1, 0.15) is 35.7 Å². The van der Waals surface area contributed by atoms with Gasteiger partial charge < -0.3 is 10.6 Å². The van der Waals surface area contributed by atoms with Crippen LogP contribution >= 0.6 is 0 Å². The number of anilines is 1. The molecular weight excluding hydrogens is 288 g/mol. The minimum Gasteiger partial charge on any atom is -0.337 e. The van der Waals surface area contributed by atoms with Crippen molar-refractivity contribution >= 4 is 17.5 Å². The molecule has 2 N–H and O–H groups in total. The third-order valence-corrected chi connectivity index (χ3v) is 4.35. The molecule has 1 saturated carbocycles. The number of carbonyl (C=O) groups excluding carboxylic acids is 2. The lowest BCUT2D eigenvalue weighted by Crippen LogP contribution is -2.35. The first kappa shape index (κ1) is 15.3. The lowest BCUT2D eigenvalue weighted by Gasteiger charge is -2.17. The van der Waals surface area contributed by atoms with Gasteiger partial charge in [0.1, 0.15) is 0 Å². The van der Waals surface area contributed by atoms with Crippen LogP contribution in [-0.2, 0) is 5.41 Å². The van der Waals surface area contributed by atoms with Gasteiger partial charge in [-0.15, -0.1) is 0 Å². The Bertz CT molecular complexity index is 721. The van der Waals surface area contributed by atoms with E-state index in [0.29, 0.717) is 17.8 Å². The molecule has 0 aromatic heterocycles. The normalized spacial score (nSPS) is 14.8. The highest BCUT2D eigenvalue weighted by Crippen LogP contribution is 2.47. The van der Waals surface area contributed by atoms with Crippen LogP contribution < -0.4 is 10.6 Å². The number of hydrogen-bond donors (Lipinski definition) is 2. The predicted octanol–water partition coefficient (Wildman–Crippen LogP) is 3.74. The van der Waals surface area contributed by atoms with Gasteiger partial charge in [-0.1, -0.05) is 42.5 Å². The van der Waals surface area contributed by atoms with Crippen molar-refractivity contribution in [2.45, 2.75) is 25.2 Å². The number of nitrogens with one attached hydrogen (secondary N) is 2. The fourth-order valence-corrected chi connectivity index (χ4v) is 2.75. The molecule has 0 heterocycles. The summed E-state index contributed by atoms with van der Waals surface area (Å²) in [6.45, 7) is 2.13. The van der Waals surface area contributed by atoms with Crippen molar-refractivity contribution in [3.05, 3.63) is 65.7 Å². The topological polar surface area (TPSA) is 58.2 Å². The zero-order valence-electron chi connectivity index (χ0n) is 13.1. The van der Waals surface area contributed by atoms with Gasteiger partial charge in [-0.3, -0.25) is 4.79 Å². The van der Waals surface area contributed by atoms with E-state index in [4.69, 9.17) is 0 Å². The summed E-state index contributed by atoms with van der Waals surface area (Å²) in [5, 5.41) is 5.73. The third-order valence-electron chi connectivity index (χ3n) is 4.35. The first-order valence-electron chi connectivity index (χ1n) is 7.80. The van der Waals surface area contributed by atoms with Gasteiger partial charge >= 0.3 is 6.03 Å². The van der Waals surface area contributed by atoms with Crippen molar-refractivity contribution < 1.29 is 9.59 Å². The van der Waals surface area contributed by atoms with Crippen molar-refractivity contribution in [1.29, 1.82) is 0 Å². The molecular formula is C19H20N2O2. The van der Waals surface area contributed by atoms with E-state index in [1.165, 1.54) is 12.5 Å². The molecule has 0 spiro atoms. The highest BCUT2D eigenvalue weighted by Gasteiger charge is 2.44. The molecule has 0 saturated heterocycles. The summed E-state index contributed by atoms with van der Waals surface area (Å²) in [5.74, 6) is -0.0185. The molecule has 118 valence electrons. The Balaban J connectivity index is 1.58. The molecule has 0 bridgehead atoms. The fourth-order valence-electron chi connectivity index (χ4n) is 2.75. The Morgan fingerprint density at radius 3 is 2.43 bits per heavy atom. The summed E-state index contributed by atoms with van der Waals surface area (Å²) in [7, 11) is 0. The van der Waals surface area contributed by atoms with Gasteiger partial charge in [-0.05, 0) is 37.5 Å². The van der Waals surface area contributed by atoms with Gasteiger partial charge in [0.15, 0.2) is 5.78 Å². The number of hydrogen-bond acceptors (Lipinski definition) is 2. The smallest absolute Gasteiger partial charge is 0.319 e. The average molecular weight is 308 g/mol. The molecule has 0 aliphatic heterocycles. The van der Waals surface area contributed by atoms with E-state index in [1.54, 1.807) is 24.3 Å². The summed E-state index contributed by atoms with van der Waals surface area (Å²) in [5.41, 5.74) is 2.57. The average Bonchev–Trinajstić information content (AvgIpc) is 3.35. The van der Waals surface area contributed by atoms with E-state index in [0.717, 1.165) is 12.8 Å². The molecule has 0 radical (unpaired) electrons. The van der Waals surface area contributed by atoms with Crippen molar-refractivity contribution in [2.75, 3.05) is 11.9 Å². The first-order chi connectivity index (χ1) is 11.1. The highest BCUT2D eigenvalue weighted by molar-refractivity contribution is 5.96. The van der Waals surface area contributed by atoms with E-state index >= 15 is 0 Å². The lowest BCUT2D eigenvalue weighted by atomic mass is 9.96. The number of Topliss-reactive ketones (excluding diaryl/α,β-unsaturated/α-hetero) is 1. The molecule has 0 atom stereocenters. The van der Waals surface area contributed by atoms with Crippen LogP contribution in [0.4, 0.5) is 10.5 Å². The predicted molar refractivity (Wildman–Crippen MR) is 90.8 cm³/mol. The van der Waals surface area contributed by atoms with Gasteiger partial charge in [-0.25, -0.2) is 4.79 Å². The van der Waals surface area contributed by atoms with Crippen molar-refractivity contribution in [1.82, 2.24) is 5.32 Å². The molecule has 23 heavy (non-hydrogen) atoms. The second-order valence-electron chi connectivity index (χ2n) is 6.09. The molecule has 1 aliphatic carbocycles. The summed E-state index contributed by atoms with van der Waals surface area (Å²) in [6.07, 6.45) is 2.19. The van der Waals surface area contributed by atoms with Crippen LogP contribution in [0, 0.1) is 0 Å². The number of benzene rings is 2. The molecule has 3 rings (SSSR count). The maximum atomic E-state index is 12.1. The first-order valence-corrected chi connectivity index (χ1v) is 7.80.